The number of nitrogens with one attached hydrogen (secondary N) is 1. The third-order valence-corrected chi connectivity index (χ3v) is 4.53. The molecule has 3 N–H and O–H groups in total. The van der Waals surface area contributed by atoms with Gasteiger partial charge in [0.05, 0.1) is 13.2 Å². The number of ether oxygens (including phenoxy) is 1. The predicted octanol–water partition coefficient (Wildman–Crippen LogP) is 4.02. The van der Waals surface area contributed by atoms with Crippen molar-refractivity contribution < 1.29 is 4.74 Å². The largest absolute Gasteiger partial charge is 0.497 e. The Morgan fingerprint density at radius 3 is 2.62 bits per heavy atom. The second kappa shape index (κ2) is 6.16. The van der Waals surface area contributed by atoms with E-state index in [2.05, 4.69) is 35.0 Å². The summed E-state index contributed by atoms with van der Waals surface area (Å²) in [6.07, 6.45) is 0. The normalized spacial score (nSPS) is 12.3. The van der Waals surface area contributed by atoms with Gasteiger partial charge in [0.15, 0.2) is 0 Å². The van der Waals surface area contributed by atoms with Crippen LogP contribution in [0.2, 0.25) is 0 Å². The van der Waals surface area contributed by atoms with Crippen molar-refractivity contribution >= 4 is 27.1 Å². The van der Waals surface area contributed by atoms with Crippen LogP contribution in [-0.4, -0.2) is 13.7 Å². The fourth-order valence-corrected chi connectivity index (χ4v) is 3.44. The molecule has 0 fully saturated rings. The van der Waals surface area contributed by atoms with E-state index in [0.29, 0.717) is 6.54 Å². The van der Waals surface area contributed by atoms with Gasteiger partial charge in [0.1, 0.15) is 5.75 Å². The van der Waals surface area contributed by atoms with Crippen molar-refractivity contribution in [3.8, 4) is 5.75 Å². The molecular formula is C17H18N2OS. The molecule has 4 heteroatoms. The summed E-state index contributed by atoms with van der Waals surface area (Å²) in [5.74, 6) is 0.853. The molecule has 0 saturated heterocycles. The molecule has 0 amide bonds. The maximum atomic E-state index is 5.98. The van der Waals surface area contributed by atoms with Gasteiger partial charge in [-0.15, -0.1) is 11.3 Å². The Labute approximate surface area is 128 Å². The predicted molar refractivity (Wildman–Crippen MR) is 90.2 cm³/mol. The maximum absolute atomic E-state index is 5.98. The van der Waals surface area contributed by atoms with E-state index in [4.69, 9.17) is 10.5 Å². The number of rotatable bonds is 5. The molecule has 0 saturated carbocycles. The van der Waals surface area contributed by atoms with Gasteiger partial charge < -0.3 is 15.8 Å². The van der Waals surface area contributed by atoms with Crippen molar-refractivity contribution in [2.24, 2.45) is 5.73 Å². The maximum Gasteiger partial charge on any atom is 0.119 e. The van der Waals surface area contributed by atoms with Crippen molar-refractivity contribution in [3.63, 3.8) is 0 Å². The van der Waals surface area contributed by atoms with Crippen LogP contribution in [0.3, 0.4) is 0 Å². The van der Waals surface area contributed by atoms with E-state index in [1.165, 1.54) is 15.6 Å². The first-order valence-electron chi connectivity index (χ1n) is 6.88. The summed E-state index contributed by atoms with van der Waals surface area (Å²) in [4.78, 5) is 0. The molecule has 0 radical (unpaired) electrons. The molecule has 0 spiro atoms. The monoisotopic (exact) mass is 298 g/mol. The minimum absolute atomic E-state index is 0.106. The lowest BCUT2D eigenvalue weighted by Gasteiger charge is -2.18. The molecule has 1 aromatic heterocycles. The van der Waals surface area contributed by atoms with Crippen molar-refractivity contribution in [2.75, 3.05) is 19.0 Å². The van der Waals surface area contributed by atoms with Gasteiger partial charge in [-0.05, 0) is 46.7 Å². The first-order chi connectivity index (χ1) is 10.3. The Hall–Kier alpha value is -2.04. The van der Waals surface area contributed by atoms with E-state index in [-0.39, 0.29) is 6.04 Å². The third kappa shape index (κ3) is 2.86. The van der Waals surface area contributed by atoms with Crippen LogP contribution in [0.1, 0.15) is 11.6 Å². The molecule has 0 aliphatic carbocycles. The SMILES string of the molecule is COc1ccc(NC(CN)c2csc3ccccc23)cc1. The van der Waals surface area contributed by atoms with E-state index >= 15 is 0 Å². The Balaban J connectivity index is 1.87. The molecule has 2 aromatic carbocycles. The van der Waals surface area contributed by atoms with Gasteiger partial charge in [-0.1, -0.05) is 18.2 Å². The zero-order valence-corrected chi connectivity index (χ0v) is 12.7. The summed E-state index contributed by atoms with van der Waals surface area (Å²) in [5.41, 5.74) is 8.28. The van der Waals surface area contributed by atoms with Gasteiger partial charge in [-0.25, -0.2) is 0 Å². The molecule has 1 unspecified atom stereocenters. The highest BCUT2D eigenvalue weighted by Crippen LogP contribution is 2.31. The summed E-state index contributed by atoms with van der Waals surface area (Å²) < 4.78 is 6.47. The molecule has 0 aliphatic rings. The van der Waals surface area contributed by atoms with E-state index in [1.807, 2.05) is 24.3 Å². The number of thiophene rings is 1. The second-order valence-electron chi connectivity index (χ2n) is 4.85. The lowest BCUT2D eigenvalue weighted by atomic mass is 10.1. The van der Waals surface area contributed by atoms with E-state index < -0.39 is 0 Å². The summed E-state index contributed by atoms with van der Waals surface area (Å²) >= 11 is 1.76. The lowest BCUT2D eigenvalue weighted by Crippen LogP contribution is -2.20. The minimum Gasteiger partial charge on any atom is -0.497 e. The fraction of sp³-hybridized carbons (Fsp3) is 0.176. The van der Waals surface area contributed by atoms with Crippen LogP contribution in [0, 0.1) is 0 Å². The summed E-state index contributed by atoms with van der Waals surface area (Å²) in [6.45, 7) is 0.548. The topological polar surface area (TPSA) is 47.3 Å². The minimum atomic E-state index is 0.106. The zero-order valence-electron chi connectivity index (χ0n) is 11.9. The van der Waals surface area contributed by atoms with Crippen molar-refractivity contribution in [1.82, 2.24) is 0 Å². The highest BCUT2D eigenvalue weighted by Gasteiger charge is 2.14. The number of anilines is 1. The Morgan fingerprint density at radius 1 is 1.14 bits per heavy atom. The Kier molecular flexibility index (Phi) is 4.08. The van der Waals surface area contributed by atoms with Crippen LogP contribution in [0.25, 0.3) is 10.1 Å². The van der Waals surface area contributed by atoms with Gasteiger partial charge in [0.25, 0.3) is 0 Å². The van der Waals surface area contributed by atoms with Crippen LogP contribution in [-0.2, 0) is 0 Å². The van der Waals surface area contributed by atoms with Gasteiger partial charge in [-0.3, -0.25) is 0 Å². The third-order valence-electron chi connectivity index (χ3n) is 3.55. The Morgan fingerprint density at radius 2 is 1.90 bits per heavy atom. The van der Waals surface area contributed by atoms with Crippen molar-refractivity contribution in [1.29, 1.82) is 0 Å². The van der Waals surface area contributed by atoms with Crippen LogP contribution in [0.5, 0.6) is 5.75 Å². The van der Waals surface area contributed by atoms with Crippen LogP contribution in [0.4, 0.5) is 5.69 Å². The molecule has 1 atom stereocenters. The first kappa shape index (κ1) is 13.9. The fourth-order valence-electron chi connectivity index (χ4n) is 2.42. The number of fused-ring (bicyclic) bond motifs is 1. The smallest absolute Gasteiger partial charge is 0.119 e. The highest BCUT2D eigenvalue weighted by atomic mass is 32.1. The highest BCUT2D eigenvalue weighted by molar-refractivity contribution is 7.17. The van der Waals surface area contributed by atoms with E-state index in [0.717, 1.165) is 11.4 Å². The second-order valence-corrected chi connectivity index (χ2v) is 5.76. The molecule has 1 heterocycles. The summed E-state index contributed by atoms with van der Waals surface area (Å²) in [6, 6.07) is 16.4. The number of hydrogen-bond acceptors (Lipinski definition) is 4. The van der Waals surface area contributed by atoms with E-state index in [1.54, 1.807) is 18.4 Å². The van der Waals surface area contributed by atoms with Gasteiger partial charge >= 0.3 is 0 Å². The molecular weight excluding hydrogens is 280 g/mol. The molecule has 21 heavy (non-hydrogen) atoms. The molecule has 0 bridgehead atoms. The summed E-state index contributed by atoms with van der Waals surface area (Å²) in [5, 5.41) is 6.97. The molecule has 0 aliphatic heterocycles. The Bertz CT molecular complexity index is 721. The van der Waals surface area contributed by atoms with Crippen LogP contribution < -0.4 is 15.8 Å². The molecule has 3 aromatic rings. The van der Waals surface area contributed by atoms with E-state index in [9.17, 15) is 0 Å². The lowest BCUT2D eigenvalue weighted by molar-refractivity contribution is 0.415. The average molecular weight is 298 g/mol. The van der Waals surface area contributed by atoms with Crippen molar-refractivity contribution in [2.45, 2.75) is 6.04 Å². The standard InChI is InChI=1S/C17H18N2OS/c1-20-13-8-6-12(7-9-13)19-16(10-18)15-11-21-17-5-3-2-4-14(15)17/h2-9,11,16,19H,10,18H2,1H3. The van der Waals surface area contributed by atoms with Crippen LogP contribution >= 0.6 is 11.3 Å². The number of benzene rings is 2. The quantitative estimate of drug-likeness (QED) is 0.748. The molecule has 3 nitrogen and oxygen atoms in total. The average Bonchev–Trinajstić information content (AvgIpc) is 2.97. The summed E-state index contributed by atoms with van der Waals surface area (Å²) in [7, 11) is 1.67. The zero-order chi connectivity index (χ0) is 14.7. The van der Waals surface area contributed by atoms with Gasteiger partial charge in [0.2, 0.25) is 0 Å². The van der Waals surface area contributed by atoms with Crippen LogP contribution in [0.15, 0.2) is 53.9 Å². The van der Waals surface area contributed by atoms with Gasteiger partial charge in [-0.2, -0.15) is 0 Å². The molecule has 3 rings (SSSR count). The first-order valence-corrected chi connectivity index (χ1v) is 7.76. The number of nitrogens with two attached hydrogens (primary N) is 1. The van der Waals surface area contributed by atoms with Gasteiger partial charge in [0, 0.05) is 16.9 Å². The number of hydrogen-bond donors (Lipinski definition) is 2. The molecule has 108 valence electrons. The van der Waals surface area contributed by atoms with Crippen molar-refractivity contribution in [3.05, 3.63) is 59.5 Å². The number of methoxy groups -OCH3 is 1.